The lowest BCUT2D eigenvalue weighted by Crippen LogP contribution is -2.12. The highest BCUT2D eigenvalue weighted by atomic mass is 32.2. The van der Waals surface area contributed by atoms with Crippen molar-refractivity contribution in [3.63, 3.8) is 0 Å². The van der Waals surface area contributed by atoms with Crippen molar-refractivity contribution in [1.82, 2.24) is 0 Å². The van der Waals surface area contributed by atoms with E-state index in [4.69, 9.17) is 5.21 Å². The normalized spacial score (nSPS) is 11.2. The second-order valence-corrected chi connectivity index (χ2v) is 4.57. The minimum atomic E-state index is -0.727. The molecule has 0 atom stereocenters. The van der Waals surface area contributed by atoms with Crippen LogP contribution in [-0.2, 0) is 9.53 Å². The first kappa shape index (κ1) is 14.2. The van der Waals surface area contributed by atoms with Crippen LogP contribution in [-0.4, -0.2) is 29.1 Å². The Morgan fingerprint density at radius 1 is 1.39 bits per heavy atom. The number of nitrogens with zero attached hydrogens (tertiary/aromatic N) is 1. The summed E-state index contributed by atoms with van der Waals surface area (Å²) in [4.78, 5) is 23.2. The van der Waals surface area contributed by atoms with E-state index in [0.29, 0.717) is 10.5 Å². The van der Waals surface area contributed by atoms with Crippen molar-refractivity contribution in [1.29, 1.82) is 0 Å². The average molecular weight is 267 g/mol. The molecule has 1 aromatic rings. The van der Waals surface area contributed by atoms with Gasteiger partial charge in [-0.15, -0.1) is 0 Å². The fourth-order valence-corrected chi connectivity index (χ4v) is 2.05. The second kappa shape index (κ2) is 6.20. The number of aryl methyl sites for hydroxylation is 1. The molecule has 0 aromatic heterocycles. The number of esters is 1. The van der Waals surface area contributed by atoms with Gasteiger partial charge >= 0.3 is 5.97 Å². The Balaban J connectivity index is 3.06. The zero-order valence-corrected chi connectivity index (χ0v) is 11.1. The Kier molecular flexibility index (Phi) is 4.91. The fraction of sp³-hybridized carbons (Fsp3) is 0.250. The summed E-state index contributed by atoms with van der Waals surface area (Å²) < 4.78 is 4.48. The number of hydrogen-bond donors (Lipinski definition) is 1. The summed E-state index contributed by atoms with van der Waals surface area (Å²) in [5, 5.41) is 11.5. The number of carbonyl (C=O) groups is 2. The average Bonchev–Trinajstić information content (AvgIpc) is 2.36. The molecule has 1 aromatic carbocycles. The number of carbonyl (C=O) groups excluding carboxylic acids is 2. The van der Waals surface area contributed by atoms with Crippen molar-refractivity contribution >= 4 is 28.6 Å². The quantitative estimate of drug-likeness (QED) is 0.169. The molecule has 0 aliphatic heterocycles. The molecule has 5 nitrogen and oxygen atoms in total. The van der Waals surface area contributed by atoms with E-state index in [0.717, 1.165) is 17.3 Å². The van der Waals surface area contributed by atoms with Crippen LogP contribution in [0.3, 0.4) is 0 Å². The number of Topliss-reactive ketones (excluding diaryl/α,β-unsaturated/α-hetero) is 1. The van der Waals surface area contributed by atoms with E-state index < -0.39 is 5.97 Å². The van der Waals surface area contributed by atoms with Crippen LogP contribution in [0.25, 0.3) is 0 Å². The maximum atomic E-state index is 11.3. The topological polar surface area (TPSA) is 76.0 Å². The third kappa shape index (κ3) is 3.33. The molecule has 0 heterocycles. The lowest BCUT2D eigenvalue weighted by molar-refractivity contribution is -0.132. The van der Waals surface area contributed by atoms with Gasteiger partial charge in [0.25, 0.3) is 0 Å². The summed E-state index contributed by atoms with van der Waals surface area (Å²) in [5.41, 5.74) is 1.40. The van der Waals surface area contributed by atoms with Crippen LogP contribution in [0.5, 0.6) is 0 Å². The first-order chi connectivity index (χ1) is 8.49. The monoisotopic (exact) mass is 267 g/mol. The van der Waals surface area contributed by atoms with Crippen LogP contribution in [0.2, 0.25) is 0 Å². The standard InChI is InChI=1S/C12H13NO4S/c1-7-4-5-9(8(2)14)6-10(7)18-11(13-16)12(15)17-3/h4-6,16H,1-3H3. The maximum absolute atomic E-state index is 11.3. The lowest BCUT2D eigenvalue weighted by Gasteiger charge is -2.07. The molecule has 0 radical (unpaired) electrons. The second-order valence-electron chi connectivity index (χ2n) is 3.54. The highest BCUT2D eigenvalue weighted by molar-refractivity contribution is 8.15. The fourth-order valence-electron chi connectivity index (χ4n) is 1.22. The molecule has 0 aliphatic rings. The maximum Gasteiger partial charge on any atom is 0.367 e. The highest BCUT2D eigenvalue weighted by Crippen LogP contribution is 2.25. The minimum Gasteiger partial charge on any atom is -0.464 e. The molecule has 1 rings (SSSR count). The number of oxime groups is 1. The summed E-state index contributed by atoms with van der Waals surface area (Å²) >= 11 is 0.953. The first-order valence-electron chi connectivity index (χ1n) is 5.09. The molecular weight excluding hydrogens is 254 g/mol. The third-order valence-electron chi connectivity index (χ3n) is 2.25. The summed E-state index contributed by atoms with van der Waals surface area (Å²) in [5.74, 6) is -0.799. The number of thioether (sulfide) groups is 1. The Morgan fingerprint density at radius 3 is 2.56 bits per heavy atom. The van der Waals surface area contributed by atoms with Crippen molar-refractivity contribution in [2.75, 3.05) is 7.11 Å². The van der Waals surface area contributed by atoms with Crippen molar-refractivity contribution < 1.29 is 19.5 Å². The molecule has 0 bridgehead atoms. The van der Waals surface area contributed by atoms with Crippen LogP contribution in [0.15, 0.2) is 28.3 Å². The van der Waals surface area contributed by atoms with Crippen molar-refractivity contribution in [3.8, 4) is 0 Å². The molecule has 0 saturated heterocycles. The molecule has 0 aliphatic carbocycles. The third-order valence-corrected chi connectivity index (χ3v) is 3.35. The molecular formula is C12H13NO4S. The number of hydrogen-bond acceptors (Lipinski definition) is 6. The van der Waals surface area contributed by atoms with E-state index in [-0.39, 0.29) is 10.8 Å². The molecule has 0 saturated carbocycles. The van der Waals surface area contributed by atoms with E-state index >= 15 is 0 Å². The molecule has 96 valence electrons. The van der Waals surface area contributed by atoms with Crippen molar-refractivity contribution in [2.24, 2.45) is 5.16 Å². The van der Waals surface area contributed by atoms with Gasteiger partial charge < -0.3 is 9.94 Å². The summed E-state index contributed by atoms with van der Waals surface area (Å²) in [6, 6.07) is 5.12. The Bertz CT molecular complexity index is 511. The van der Waals surface area contributed by atoms with Gasteiger partial charge in [-0.1, -0.05) is 29.1 Å². The number of ether oxygens (including phenoxy) is 1. The Hall–Kier alpha value is -1.82. The lowest BCUT2D eigenvalue weighted by atomic mass is 10.1. The first-order valence-corrected chi connectivity index (χ1v) is 5.91. The molecule has 0 amide bonds. The number of rotatable bonds is 2. The van der Waals surface area contributed by atoms with Gasteiger partial charge in [-0.25, -0.2) is 4.79 Å². The van der Waals surface area contributed by atoms with Crippen LogP contribution in [0, 0.1) is 6.92 Å². The van der Waals surface area contributed by atoms with Gasteiger partial charge in [-0.3, -0.25) is 4.79 Å². The summed E-state index contributed by atoms with van der Waals surface area (Å²) in [7, 11) is 1.20. The Morgan fingerprint density at radius 2 is 2.06 bits per heavy atom. The van der Waals surface area contributed by atoms with Crippen LogP contribution < -0.4 is 0 Å². The minimum absolute atomic E-state index is 0.0718. The van der Waals surface area contributed by atoms with Gasteiger partial charge in [0.1, 0.15) is 0 Å². The number of ketones is 1. The van der Waals surface area contributed by atoms with E-state index in [9.17, 15) is 9.59 Å². The zero-order valence-electron chi connectivity index (χ0n) is 10.3. The molecule has 18 heavy (non-hydrogen) atoms. The van der Waals surface area contributed by atoms with Gasteiger partial charge in [0.05, 0.1) is 7.11 Å². The van der Waals surface area contributed by atoms with Gasteiger partial charge in [-0.2, -0.15) is 0 Å². The van der Waals surface area contributed by atoms with Gasteiger partial charge in [0.2, 0.25) is 5.04 Å². The smallest absolute Gasteiger partial charge is 0.367 e. The van der Waals surface area contributed by atoms with Gasteiger partial charge in [0, 0.05) is 10.5 Å². The Labute approximate surface area is 109 Å². The molecule has 0 unspecified atom stereocenters. The van der Waals surface area contributed by atoms with E-state index in [1.54, 1.807) is 18.2 Å². The molecule has 6 heteroatoms. The SMILES string of the molecule is COC(=O)C(=NO)Sc1cc(C(C)=O)ccc1C. The van der Waals surface area contributed by atoms with E-state index in [2.05, 4.69) is 9.89 Å². The number of benzene rings is 1. The number of methoxy groups -OCH3 is 1. The predicted octanol–water partition coefficient (Wildman–Crippen LogP) is 2.25. The van der Waals surface area contributed by atoms with Crippen molar-refractivity contribution in [2.45, 2.75) is 18.7 Å². The molecule has 0 fully saturated rings. The largest absolute Gasteiger partial charge is 0.464 e. The van der Waals surface area contributed by atoms with Crippen molar-refractivity contribution in [3.05, 3.63) is 29.3 Å². The summed E-state index contributed by atoms with van der Waals surface area (Å²) in [6.07, 6.45) is 0. The van der Waals surface area contributed by atoms with Gasteiger partial charge in [-0.05, 0) is 25.5 Å². The highest BCUT2D eigenvalue weighted by Gasteiger charge is 2.16. The van der Waals surface area contributed by atoms with Crippen LogP contribution in [0.1, 0.15) is 22.8 Å². The predicted molar refractivity (Wildman–Crippen MR) is 68.3 cm³/mol. The van der Waals surface area contributed by atoms with Gasteiger partial charge in [0.15, 0.2) is 5.78 Å². The van der Waals surface area contributed by atoms with Crippen LogP contribution >= 0.6 is 11.8 Å². The zero-order chi connectivity index (χ0) is 13.7. The summed E-state index contributed by atoms with van der Waals surface area (Å²) in [6.45, 7) is 3.29. The van der Waals surface area contributed by atoms with E-state index in [1.807, 2.05) is 6.92 Å². The molecule has 0 spiro atoms. The molecule has 1 N–H and O–H groups in total. The van der Waals surface area contributed by atoms with E-state index in [1.165, 1.54) is 14.0 Å². The van der Waals surface area contributed by atoms with Crippen LogP contribution in [0.4, 0.5) is 0 Å².